The van der Waals surface area contributed by atoms with Crippen molar-refractivity contribution in [2.75, 3.05) is 0 Å². The normalized spacial score (nSPS) is 10.1. The average molecular weight is 442 g/mol. The third-order valence-corrected chi connectivity index (χ3v) is 4.12. The van der Waals surface area contributed by atoms with Gasteiger partial charge in [0.2, 0.25) is 0 Å². The number of nitrogens with zero attached hydrogens (tertiary/aromatic N) is 2. The SMILES string of the molecule is O=S(=O)(O)O.[O-][n+]1ccccc1SSc1cccc[n+]1[O-].[Zr]. The van der Waals surface area contributed by atoms with Crippen molar-refractivity contribution in [2.45, 2.75) is 10.1 Å². The number of hydrogen-bond acceptors (Lipinski definition) is 6. The van der Waals surface area contributed by atoms with Gasteiger partial charge < -0.3 is 10.4 Å². The van der Waals surface area contributed by atoms with E-state index in [1.807, 2.05) is 0 Å². The van der Waals surface area contributed by atoms with Crippen molar-refractivity contribution in [3.63, 3.8) is 0 Å². The van der Waals surface area contributed by atoms with Crippen LogP contribution in [0, 0.1) is 10.4 Å². The number of aromatic nitrogens is 2. The van der Waals surface area contributed by atoms with E-state index in [0.29, 0.717) is 10.1 Å². The molecular weight excluding hydrogens is 432 g/mol. The van der Waals surface area contributed by atoms with Gasteiger partial charge in [0.05, 0.1) is 0 Å². The number of rotatable bonds is 3. The Morgan fingerprint density at radius 3 is 1.45 bits per heavy atom. The Bertz CT molecular complexity index is 647. The second-order valence-electron chi connectivity index (χ2n) is 3.34. The van der Waals surface area contributed by atoms with Gasteiger partial charge in [-0.2, -0.15) is 17.9 Å². The summed E-state index contributed by atoms with van der Waals surface area (Å²) in [5.41, 5.74) is 0. The van der Waals surface area contributed by atoms with Crippen LogP contribution in [0.4, 0.5) is 0 Å². The summed E-state index contributed by atoms with van der Waals surface area (Å²) in [5.74, 6) is 0. The van der Waals surface area contributed by atoms with Crippen molar-refractivity contribution in [3.8, 4) is 0 Å². The molecule has 0 amide bonds. The zero-order chi connectivity index (χ0) is 15.9. The van der Waals surface area contributed by atoms with Gasteiger partial charge in [-0.25, -0.2) is 0 Å². The van der Waals surface area contributed by atoms with Crippen molar-refractivity contribution in [3.05, 3.63) is 59.2 Å². The fourth-order valence-corrected chi connectivity index (χ4v) is 3.03. The molecule has 2 N–H and O–H groups in total. The summed E-state index contributed by atoms with van der Waals surface area (Å²) in [6, 6.07) is 10.3. The van der Waals surface area contributed by atoms with E-state index in [-0.39, 0.29) is 26.2 Å². The fraction of sp³-hybridized carbons (Fsp3) is 0. The predicted molar refractivity (Wildman–Crippen MR) is 76.7 cm³/mol. The molecule has 0 spiro atoms. The maximum Gasteiger partial charge on any atom is 0.394 e. The summed E-state index contributed by atoms with van der Waals surface area (Å²) in [7, 11) is -2.15. The molecule has 8 nitrogen and oxygen atoms in total. The van der Waals surface area contributed by atoms with Gasteiger partial charge in [0.1, 0.15) is 0 Å². The molecule has 2 aromatic rings. The zero-order valence-electron chi connectivity index (χ0n) is 10.8. The Morgan fingerprint density at radius 2 is 1.18 bits per heavy atom. The van der Waals surface area contributed by atoms with Crippen LogP contribution < -0.4 is 9.46 Å². The smallest absolute Gasteiger partial charge is 0.394 e. The van der Waals surface area contributed by atoms with Crippen LogP contribution in [-0.2, 0) is 36.6 Å². The summed E-state index contributed by atoms with van der Waals surface area (Å²) in [6.07, 6.45) is 2.86. The Balaban J connectivity index is 0.000000644. The predicted octanol–water partition coefficient (Wildman–Crippen LogP) is 1.10. The van der Waals surface area contributed by atoms with Gasteiger partial charge in [-0.1, -0.05) is 0 Å². The maximum absolute atomic E-state index is 11.3. The van der Waals surface area contributed by atoms with Crippen LogP contribution in [0.15, 0.2) is 58.8 Å². The molecule has 0 aliphatic heterocycles. The molecule has 0 fully saturated rings. The fourth-order valence-electron chi connectivity index (χ4n) is 1.04. The average Bonchev–Trinajstić information content (AvgIpc) is 2.37. The van der Waals surface area contributed by atoms with Gasteiger partial charge in [-0.3, -0.25) is 9.11 Å². The second-order valence-corrected chi connectivity index (χ2v) is 6.41. The molecule has 0 unspecified atom stereocenters. The van der Waals surface area contributed by atoms with Crippen molar-refractivity contribution >= 4 is 32.0 Å². The molecule has 0 saturated carbocycles. The van der Waals surface area contributed by atoms with Crippen molar-refractivity contribution in [1.82, 2.24) is 0 Å². The van der Waals surface area contributed by atoms with Gasteiger partial charge >= 0.3 is 10.4 Å². The van der Waals surface area contributed by atoms with Crippen LogP contribution in [0.5, 0.6) is 0 Å². The minimum absolute atomic E-state index is 0. The van der Waals surface area contributed by atoms with E-state index in [2.05, 4.69) is 0 Å². The topological polar surface area (TPSA) is 128 Å². The van der Waals surface area contributed by atoms with E-state index < -0.39 is 10.4 Å². The standard InChI is InChI=1S/C10H8N2O2S2.H2O4S.Zr/c13-11-7-3-1-5-9(11)15-16-10-6-2-4-8-12(10)14;1-5(2,3)4;/h1-8H;(H2,1,2,3,4);. The van der Waals surface area contributed by atoms with E-state index >= 15 is 0 Å². The molecule has 0 saturated heterocycles. The minimum Gasteiger partial charge on any atom is -0.618 e. The van der Waals surface area contributed by atoms with Crippen molar-refractivity contribution < 1.29 is 53.2 Å². The Hall–Kier alpha value is -0.647. The molecular formula is C10H10N2O6S3Zr. The first kappa shape index (κ1) is 21.4. The van der Waals surface area contributed by atoms with Crippen LogP contribution in [0.3, 0.4) is 0 Å². The van der Waals surface area contributed by atoms with Crippen LogP contribution >= 0.6 is 21.6 Å². The summed E-state index contributed by atoms with van der Waals surface area (Å²) >= 11 is 0. The van der Waals surface area contributed by atoms with Crippen LogP contribution in [0.2, 0.25) is 0 Å². The molecule has 2 rings (SSSR count). The molecule has 2 aromatic heterocycles. The first-order chi connectivity index (χ1) is 9.77. The van der Waals surface area contributed by atoms with Crippen LogP contribution in [0.25, 0.3) is 0 Å². The monoisotopic (exact) mass is 440 g/mol. The zero-order valence-corrected chi connectivity index (χ0v) is 15.7. The Morgan fingerprint density at radius 1 is 0.864 bits per heavy atom. The summed E-state index contributed by atoms with van der Waals surface area (Å²) < 4.78 is 33.1. The molecule has 0 aromatic carbocycles. The molecule has 22 heavy (non-hydrogen) atoms. The second kappa shape index (κ2) is 10.2. The van der Waals surface area contributed by atoms with Crippen LogP contribution in [-0.4, -0.2) is 17.5 Å². The maximum atomic E-state index is 11.3. The molecule has 0 aliphatic carbocycles. The van der Waals surface area contributed by atoms with Gasteiger partial charge in [0, 0.05) is 72.1 Å². The molecule has 12 heteroatoms. The number of hydrogen-bond donors (Lipinski definition) is 2. The molecule has 118 valence electrons. The molecule has 0 aliphatic rings. The van der Waals surface area contributed by atoms with Crippen molar-refractivity contribution in [1.29, 1.82) is 0 Å². The first-order valence-electron chi connectivity index (χ1n) is 5.18. The largest absolute Gasteiger partial charge is 0.618 e. The third-order valence-electron chi connectivity index (χ3n) is 1.79. The Labute approximate surface area is 153 Å². The molecule has 2 heterocycles. The van der Waals surface area contributed by atoms with E-state index in [4.69, 9.17) is 17.5 Å². The van der Waals surface area contributed by atoms with Gasteiger partial charge in [0.25, 0.3) is 10.1 Å². The van der Waals surface area contributed by atoms with E-state index in [1.165, 1.54) is 34.0 Å². The van der Waals surface area contributed by atoms with Gasteiger partial charge in [0.15, 0.2) is 12.4 Å². The third kappa shape index (κ3) is 9.39. The summed E-state index contributed by atoms with van der Waals surface area (Å²) in [6.45, 7) is 0. The number of pyridine rings is 2. The van der Waals surface area contributed by atoms with Crippen molar-refractivity contribution in [2.24, 2.45) is 0 Å². The van der Waals surface area contributed by atoms with Crippen LogP contribution in [0.1, 0.15) is 0 Å². The summed E-state index contributed by atoms with van der Waals surface area (Å²) in [4.78, 5) is 0. The van der Waals surface area contributed by atoms with E-state index in [1.54, 1.807) is 36.4 Å². The van der Waals surface area contributed by atoms with E-state index in [9.17, 15) is 10.4 Å². The molecule has 0 atom stereocenters. The molecule has 0 radical (unpaired) electrons. The Kier molecular flexibility index (Phi) is 9.89. The van der Waals surface area contributed by atoms with E-state index in [0.717, 1.165) is 9.46 Å². The first-order valence-corrected chi connectivity index (χ1v) is 8.73. The molecule has 0 bridgehead atoms. The quantitative estimate of drug-likeness (QED) is 0.314. The van der Waals surface area contributed by atoms with Gasteiger partial charge in [-0.05, 0) is 12.1 Å². The summed E-state index contributed by atoms with van der Waals surface area (Å²) in [5, 5.41) is 23.8. The minimum atomic E-state index is -4.67. The van der Waals surface area contributed by atoms with Gasteiger partial charge in [-0.15, -0.1) is 0 Å².